The number of hydrogen-bond acceptors (Lipinski definition) is 6. The highest BCUT2D eigenvalue weighted by atomic mass is 16.5. The summed E-state index contributed by atoms with van der Waals surface area (Å²) in [4.78, 5) is 27.8. The normalized spacial score (nSPS) is 14.5. The van der Waals surface area contributed by atoms with Gasteiger partial charge in [-0.15, -0.1) is 0 Å². The van der Waals surface area contributed by atoms with Gasteiger partial charge in [-0.1, -0.05) is 0 Å². The Balaban J connectivity index is 1.67. The van der Waals surface area contributed by atoms with E-state index in [1.54, 1.807) is 36.3 Å². The summed E-state index contributed by atoms with van der Waals surface area (Å²) in [6, 6.07) is 8.68. The number of carbonyl (C=O) groups excluding carboxylic acids is 2. The molecule has 0 spiro atoms. The Bertz CT molecular complexity index is 634. The molecule has 8 nitrogen and oxygen atoms in total. The van der Waals surface area contributed by atoms with Crippen molar-refractivity contribution in [2.24, 2.45) is 0 Å². The molecule has 0 radical (unpaired) electrons. The predicted octanol–water partition coefficient (Wildman–Crippen LogP) is -0.156. The number of methoxy groups -OCH3 is 1. The third-order valence-electron chi connectivity index (χ3n) is 4.07. The van der Waals surface area contributed by atoms with Crippen molar-refractivity contribution in [3.63, 3.8) is 0 Å². The van der Waals surface area contributed by atoms with Crippen LogP contribution in [-0.2, 0) is 14.3 Å². The highest BCUT2D eigenvalue weighted by Crippen LogP contribution is 2.12. The second-order valence-electron chi connectivity index (χ2n) is 5.92. The molecule has 1 N–H and O–H groups in total. The van der Waals surface area contributed by atoms with E-state index >= 15 is 0 Å². The molecule has 0 saturated carbocycles. The SMILES string of the molecule is COCCNC(=O)CN1CCN(C(=O)COc2ccc(C#N)cc2)CC1. The monoisotopic (exact) mass is 360 g/mol. The summed E-state index contributed by atoms with van der Waals surface area (Å²) >= 11 is 0. The lowest BCUT2D eigenvalue weighted by atomic mass is 10.2. The van der Waals surface area contributed by atoms with E-state index in [9.17, 15) is 9.59 Å². The van der Waals surface area contributed by atoms with Gasteiger partial charge in [0, 0.05) is 39.8 Å². The first kappa shape index (κ1) is 19.7. The molecule has 0 atom stereocenters. The quantitative estimate of drug-likeness (QED) is 0.648. The van der Waals surface area contributed by atoms with E-state index in [2.05, 4.69) is 5.32 Å². The molecule has 1 fully saturated rings. The van der Waals surface area contributed by atoms with Crippen molar-refractivity contribution in [1.29, 1.82) is 5.26 Å². The molecule has 0 aromatic heterocycles. The lowest BCUT2D eigenvalue weighted by molar-refractivity contribution is -0.135. The molecule has 1 aliphatic heterocycles. The maximum Gasteiger partial charge on any atom is 0.260 e. The number of nitriles is 1. The summed E-state index contributed by atoms with van der Waals surface area (Å²) in [6.07, 6.45) is 0. The van der Waals surface area contributed by atoms with Gasteiger partial charge in [0.2, 0.25) is 5.91 Å². The molecule has 8 heteroatoms. The summed E-state index contributed by atoms with van der Waals surface area (Å²) in [7, 11) is 1.59. The van der Waals surface area contributed by atoms with Crippen LogP contribution in [0.2, 0.25) is 0 Å². The largest absolute Gasteiger partial charge is 0.484 e. The predicted molar refractivity (Wildman–Crippen MR) is 94.6 cm³/mol. The summed E-state index contributed by atoms with van der Waals surface area (Å²) in [5.74, 6) is 0.438. The highest BCUT2D eigenvalue weighted by molar-refractivity contribution is 5.79. The van der Waals surface area contributed by atoms with Gasteiger partial charge < -0.3 is 19.7 Å². The first-order valence-electron chi connectivity index (χ1n) is 8.51. The molecule has 1 heterocycles. The van der Waals surface area contributed by atoms with Crippen molar-refractivity contribution < 1.29 is 19.1 Å². The number of benzene rings is 1. The lowest BCUT2D eigenvalue weighted by Gasteiger charge is -2.34. The standard InChI is InChI=1S/C18H24N4O4/c1-25-11-6-20-17(23)13-21-7-9-22(10-8-21)18(24)14-26-16-4-2-15(12-19)3-5-16/h2-5H,6-11,13-14H2,1H3,(H,20,23). The minimum atomic E-state index is -0.0847. The van der Waals surface area contributed by atoms with Crippen LogP contribution >= 0.6 is 0 Å². The number of piperazine rings is 1. The van der Waals surface area contributed by atoms with Crippen LogP contribution in [0.25, 0.3) is 0 Å². The van der Waals surface area contributed by atoms with Gasteiger partial charge in [-0.3, -0.25) is 14.5 Å². The van der Waals surface area contributed by atoms with Crippen molar-refractivity contribution >= 4 is 11.8 Å². The van der Waals surface area contributed by atoms with Crippen molar-refractivity contribution in [3.05, 3.63) is 29.8 Å². The Morgan fingerprint density at radius 1 is 1.19 bits per heavy atom. The Kier molecular flexibility index (Phi) is 7.86. The molecule has 1 aromatic rings. The van der Waals surface area contributed by atoms with E-state index in [1.165, 1.54) is 0 Å². The van der Waals surface area contributed by atoms with Crippen molar-refractivity contribution in [2.75, 3.05) is 59.6 Å². The van der Waals surface area contributed by atoms with Gasteiger partial charge in [-0.2, -0.15) is 5.26 Å². The fourth-order valence-electron chi connectivity index (χ4n) is 2.57. The van der Waals surface area contributed by atoms with Crippen LogP contribution < -0.4 is 10.1 Å². The van der Waals surface area contributed by atoms with Gasteiger partial charge >= 0.3 is 0 Å². The van der Waals surface area contributed by atoms with Crippen molar-refractivity contribution in [1.82, 2.24) is 15.1 Å². The van der Waals surface area contributed by atoms with Gasteiger partial charge in [0.1, 0.15) is 5.75 Å². The highest BCUT2D eigenvalue weighted by Gasteiger charge is 2.22. The number of amides is 2. The summed E-state index contributed by atoms with van der Waals surface area (Å²) in [6.45, 7) is 3.73. The van der Waals surface area contributed by atoms with Crippen LogP contribution in [0.3, 0.4) is 0 Å². The second-order valence-corrected chi connectivity index (χ2v) is 5.92. The minimum absolute atomic E-state index is 0.0361. The lowest BCUT2D eigenvalue weighted by Crippen LogP contribution is -2.52. The zero-order valence-electron chi connectivity index (χ0n) is 14.9. The molecular formula is C18H24N4O4. The number of rotatable bonds is 8. The number of carbonyl (C=O) groups is 2. The molecule has 26 heavy (non-hydrogen) atoms. The number of nitrogens with one attached hydrogen (secondary N) is 1. The van der Waals surface area contributed by atoms with E-state index in [-0.39, 0.29) is 18.4 Å². The fraction of sp³-hybridized carbons (Fsp3) is 0.500. The minimum Gasteiger partial charge on any atom is -0.484 e. The van der Waals surface area contributed by atoms with Crippen LogP contribution in [0.4, 0.5) is 0 Å². The molecule has 140 valence electrons. The second kappa shape index (κ2) is 10.4. The summed E-state index contributed by atoms with van der Waals surface area (Å²) in [5.41, 5.74) is 0.547. The van der Waals surface area contributed by atoms with Crippen LogP contribution in [0.15, 0.2) is 24.3 Å². The smallest absolute Gasteiger partial charge is 0.260 e. The Labute approximate surface area is 153 Å². The first-order valence-corrected chi connectivity index (χ1v) is 8.51. The molecule has 0 bridgehead atoms. The van der Waals surface area contributed by atoms with Gasteiger partial charge in [0.05, 0.1) is 24.8 Å². The van der Waals surface area contributed by atoms with Gasteiger partial charge in [0.25, 0.3) is 5.91 Å². The average molecular weight is 360 g/mol. The molecule has 0 aliphatic carbocycles. The molecule has 1 aromatic carbocycles. The third kappa shape index (κ3) is 6.35. The molecule has 2 rings (SSSR count). The maximum atomic E-state index is 12.2. The van der Waals surface area contributed by atoms with E-state index in [4.69, 9.17) is 14.7 Å². The van der Waals surface area contributed by atoms with Crippen LogP contribution in [0, 0.1) is 11.3 Å². The topological polar surface area (TPSA) is 94.9 Å². The molecule has 1 saturated heterocycles. The summed E-state index contributed by atoms with van der Waals surface area (Å²) in [5, 5.41) is 11.5. The van der Waals surface area contributed by atoms with Gasteiger partial charge in [-0.05, 0) is 24.3 Å². The van der Waals surface area contributed by atoms with E-state index in [0.29, 0.717) is 57.2 Å². The zero-order valence-corrected chi connectivity index (χ0v) is 14.9. The number of hydrogen-bond donors (Lipinski definition) is 1. The van der Waals surface area contributed by atoms with Gasteiger partial charge in [0.15, 0.2) is 6.61 Å². The third-order valence-corrected chi connectivity index (χ3v) is 4.07. The van der Waals surface area contributed by atoms with E-state index in [0.717, 1.165) is 0 Å². The maximum absolute atomic E-state index is 12.2. The molecule has 0 unspecified atom stereocenters. The van der Waals surface area contributed by atoms with Crippen LogP contribution in [0.5, 0.6) is 5.75 Å². The number of ether oxygens (including phenoxy) is 2. The van der Waals surface area contributed by atoms with Crippen LogP contribution in [0.1, 0.15) is 5.56 Å². The van der Waals surface area contributed by atoms with Crippen molar-refractivity contribution in [3.8, 4) is 11.8 Å². The van der Waals surface area contributed by atoms with Gasteiger partial charge in [-0.25, -0.2) is 0 Å². The average Bonchev–Trinajstić information content (AvgIpc) is 2.67. The molecular weight excluding hydrogens is 336 g/mol. The Hall–Kier alpha value is -2.63. The summed E-state index contributed by atoms with van der Waals surface area (Å²) < 4.78 is 10.4. The fourth-order valence-corrected chi connectivity index (χ4v) is 2.57. The number of nitrogens with zero attached hydrogens (tertiary/aromatic N) is 3. The Morgan fingerprint density at radius 2 is 1.88 bits per heavy atom. The van der Waals surface area contributed by atoms with Crippen LogP contribution in [-0.4, -0.2) is 81.2 Å². The van der Waals surface area contributed by atoms with E-state index < -0.39 is 0 Å². The molecule has 1 aliphatic rings. The molecule has 2 amide bonds. The zero-order chi connectivity index (χ0) is 18.8. The first-order chi connectivity index (χ1) is 12.6. The van der Waals surface area contributed by atoms with Crippen molar-refractivity contribution in [2.45, 2.75) is 0 Å². The Morgan fingerprint density at radius 3 is 2.50 bits per heavy atom. The van der Waals surface area contributed by atoms with E-state index in [1.807, 2.05) is 11.0 Å².